The molecule has 10 heteroatoms. The zero-order chi connectivity index (χ0) is 18.5. The van der Waals surface area contributed by atoms with Gasteiger partial charge in [-0.05, 0) is 25.8 Å². The predicted molar refractivity (Wildman–Crippen MR) is 117 cm³/mol. The van der Waals surface area contributed by atoms with Crippen LogP contribution in [0, 0.1) is 0 Å². The standard InChI is InChI=1S/C16H22IN5O2S2/c1-3-24-14(23)5-7-25-20-11-8-12(9-11)21(2)15-13-4-6-22(26-17)16(13)19-10-18-15/h4,6,10-12,20H,3,5,7-9H2,1-2H3. The molecule has 1 fully saturated rings. The Hall–Kier alpha value is -0.720. The van der Waals surface area contributed by atoms with E-state index in [0.717, 1.165) is 35.4 Å². The summed E-state index contributed by atoms with van der Waals surface area (Å²) in [5.41, 5.74) is 0.949. The molecule has 1 aliphatic rings. The van der Waals surface area contributed by atoms with E-state index in [-0.39, 0.29) is 5.97 Å². The first-order valence-electron chi connectivity index (χ1n) is 8.51. The van der Waals surface area contributed by atoms with Crippen molar-refractivity contribution in [1.82, 2.24) is 18.7 Å². The Morgan fingerprint density at radius 1 is 1.50 bits per heavy atom. The van der Waals surface area contributed by atoms with Crippen LogP contribution < -0.4 is 9.62 Å². The summed E-state index contributed by atoms with van der Waals surface area (Å²) in [6.07, 6.45) is 6.24. The third-order valence-corrected chi connectivity index (χ3v) is 7.08. The van der Waals surface area contributed by atoms with Crippen LogP contribution in [0.25, 0.3) is 11.0 Å². The van der Waals surface area contributed by atoms with Crippen molar-refractivity contribution in [1.29, 1.82) is 0 Å². The van der Waals surface area contributed by atoms with Crippen molar-refractivity contribution >= 4 is 65.1 Å². The minimum Gasteiger partial charge on any atom is -0.466 e. The van der Waals surface area contributed by atoms with Crippen LogP contribution in [-0.4, -0.2) is 51.4 Å². The van der Waals surface area contributed by atoms with E-state index in [0.29, 0.717) is 25.1 Å². The molecule has 0 radical (unpaired) electrons. The predicted octanol–water partition coefficient (Wildman–Crippen LogP) is 3.44. The van der Waals surface area contributed by atoms with Crippen molar-refractivity contribution in [3.05, 3.63) is 18.6 Å². The Morgan fingerprint density at radius 3 is 3.04 bits per heavy atom. The molecule has 0 bridgehead atoms. The normalized spacial score (nSPS) is 19.3. The minimum atomic E-state index is -0.127. The summed E-state index contributed by atoms with van der Waals surface area (Å²) in [5.74, 6) is 1.60. The maximum Gasteiger partial charge on any atom is 0.306 e. The average molecular weight is 507 g/mol. The van der Waals surface area contributed by atoms with Gasteiger partial charge in [-0.25, -0.2) is 9.97 Å². The van der Waals surface area contributed by atoms with E-state index in [2.05, 4.69) is 53.9 Å². The third-order valence-electron chi connectivity index (χ3n) is 4.46. The van der Waals surface area contributed by atoms with Gasteiger partial charge >= 0.3 is 5.97 Å². The Morgan fingerprint density at radius 2 is 2.31 bits per heavy atom. The molecule has 0 spiro atoms. The number of aromatic nitrogens is 3. The van der Waals surface area contributed by atoms with Crippen molar-refractivity contribution in [2.24, 2.45) is 0 Å². The first kappa shape index (κ1) is 20.0. The number of nitrogens with one attached hydrogen (secondary N) is 1. The van der Waals surface area contributed by atoms with Crippen LogP contribution in [0.15, 0.2) is 18.6 Å². The van der Waals surface area contributed by atoms with Crippen LogP contribution in [0.4, 0.5) is 5.82 Å². The van der Waals surface area contributed by atoms with Crippen LogP contribution in [0.3, 0.4) is 0 Å². The molecule has 26 heavy (non-hydrogen) atoms. The van der Waals surface area contributed by atoms with Crippen molar-refractivity contribution in [3.63, 3.8) is 0 Å². The molecule has 2 heterocycles. The number of hydrogen-bond donors (Lipinski definition) is 1. The third kappa shape index (κ3) is 4.57. The number of carbonyl (C=O) groups is 1. The molecule has 7 nitrogen and oxygen atoms in total. The SMILES string of the molecule is CCOC(=O)CCSNC1CC(N(C)c2ncnc3c2ccn3SI)C1. The zero-order valence-corrected chi connectivity index (χ0v) is 18.5. The molecule has 0 saturated heterocycles. The fourth-order valence-electron chi connectivity index (χ4n) is 2.97. The number of nitrogens with zero attached hydrogens (tertiary/aromatic N) is 4. The lowest BCUT2D eigenvalue weighted by molar-refractivity contribution is -0.142. The molecule has 0 amide bonds. The number of hydrogen-bond acceptors (Lipinski definition) is 8. The van der Waals surface area contributed by atoms with Crippen LogP contribution in [-0.2, 0) is 9.53 Å². The van der Waals surface area contributed by atoms with Crippen molar-refractivity contribution in [2.75, 3.05) is 24.3 Å². The molecular weight excluding hydrogens is 485 g/mol. The smallest absolute Gasteiger partial charge is 0.306 e. The van der Waals surface area contributed by atoms with Gasteiger partial charge in [-0.1, -0.05) is 11.9 Å². The molecule has 2 aromatic rings. The van der Waals surface area contributed by atoms with E-state index in [4.69, 9.17) is 4.74 Å². The summed E-state index contributed by atoms with van der Waals surface area (Å²) in [7, 11) is 3.70. The molecule has 0 aliphatic heterocycles. The molecular formula is C16H22IN5O2S2. The topological polar surface area (TPSA) is 72.3 Å². The van der Waals surface area contributed by atoms with E-state index in [1.54, 1.807) is 27.4 Å². The Kier molecular flexibility index (Phi) is 7.29. The first-order chi connectivity index (χ1) is 12.6. The first-order valence-corrected chi connectivity index (χ1v) is 12.8. The summed E-state index contributed by atoms with van der Waals surface area (Å²) in [5, 5.41) is 1.08. The summed E-state index contributed by atoms with van der Waals surface area (Å²) >= 11 is 3.86. The van der Waals surface area contributed by atoms with Crippen LogP contribution >= 0.6 is 42.3 Å². The number of ether oxygens (including phenoxy) is 1. The summed E-state index contributed by atoms with van der Waals surface area (Å²) in [6.45, 7) is 2.28. The molecule has 2 aromatic heterocycles. The molecule has 0 aromatic carbocycles. The van der Waals surface area contributed by atoms with Gasteiger partial charge in [0.05, 0.1) is 18.4 Å². The summed E-state index contributed by atoms with van der Waals surface area (Å²) < 4.78 is 10.4. The highest BCUT2D eigenvalue weighted by Gasteiger charge is 2.33. The van der Waals surface area contributed by atoms with Gasteiger partial charge < -0.3 is 9.64 Å². The van der Waals surface area contributed by atoms with E-state index in [9.17, 15) is 4.79 Å². The van der Waals surface area contributed by atoms with Gasteiger partial charge in [-0.15, -0.1) is 0 Å². The van der Waals surface area contributed by atoms with E-state index in [1.807, 2.05) is 17.1 Å². The second-order valence-electron chi connectivity index (χ2n) is 6.10. The van der Waals surface area contributed by atoms with E-state index < -0.39 is 0 Å². The molecule has 0 unspecified atom stereocenters. The van der Waals surface area contributed by atoms with Crippen molar-refractivity contribution in [2.45, 2.75) is 38.3 Å². The van der Waals surface area contributed by atoms with Gasteiger partial charge in [0.1, 0.15) is 12.1 Å². The van der Waals surface area contributed by atoms with Gasteiger partial charge in [0.15, 0.2) is 5.65 Å². The van der Waals surface area contributed by atoms with Crippen LogP contribution in [0.1, 0.15) is 26.2 Å². The maximum absolute atomic E-state index is 11.3. The fourth-order valence-corrected chi connectivity index (χ4v) is 5.06. The highest BCUT2D eigenvalue weighted by Crippen LogP contribution is 2.33. The second kappa shape index (κ2) is 9.47. The number of fused-ring (bicyclic) bond motifs is 1. The number of carbonyl (C=O) groups excluding carboxylic acids is 1. The Bertz CT molecular complexity index is 753. The molecule has 1 saturated carbocycles. The number of esters is 1. The van der Waals surface area contributed by atoms with Gasteiger partial charge in [0.2, 0.25) is 0 Å². The van der Waals surface area contributed by atoms with Gasteiger partial charge in [-0.2, -0.15) is 0 Å². The Labute approximate surface area is 173 Å². The molecule has 0 atom stereocenters. The lowest BCUT2D eigenvalue weighted by atomic mass is 9.86. The molecule has 1 aliphatic carbocycles. The van der Waals surface area contributed by atoms with Crippen LogP contribution in [0.5, 0.6) is 0 Å². The zero-order valence-electron chi connectivity index (χ0n) is 14.7. The average Bonchev–Trinajstić information content (AvgIpc) is 3.03. The largest absolute Gasteiger partial charge is 0.466 e. The monoisotopic (exact) mass is 507 g/mol. The summed E-state index contributed by atoms with van der Waals surface area (Å²) in [6, 6.07) is 3.01. The maximum atomic E-state index is 11.3. The van der Waals surface area contributed by atoms with Crippen molar-refractivity contribution < 1.29 is 9.53 Å². The quantitative estimate of drug-likeness (QED) is 0.240. The molecule has 1 N–H and O–H groups in total. The fraction of sp³-hybridized carbons (Fsp3) is 0.562. The van der Waals surface area contributed by atoms with E-state index in [1.165, 1.54) is 0 Å². The minimum absolute atomic E-state index is 0.127. The Balaban J connectivity index is 1.47. The van der Waals surface area contributed by atoms with Gasteiger partial charge in [0, 0.05) is 61.4 Å². The number of anilines is 1. The van der Waals surface area contributed by atoms with Crippen molar-refractivity contribution in [3.8, 4) is 0 Å². The van der Waals surface area contributed by atoms with Crippen LogP contribution in [0.2, 0.25) is 0 Å². The number of halogens is 1. The van der Waals surface area contributed by atoms with Gasteiger partial charge in [0.25, 0.3) is 0 Å². The van der Waals surface area contributed by atoms with E-state index >= 15 is 0 Å². The summed E-state index contributed by atoms with van der Waals surface area (Å²) in [4.78, 5) is 22.5. The lowest BCUT2D eigenvalue weighted by Gasteiger charge is -2.42. The lowest BCUT2D eigenvalue weighted by Crippen LogP contribution is -2.50. The highest BCUT2D eigenvalue weighted by molar-refractivity contribution is 14.2. The molecule has 142 valence electrons. The highest BCUT2D eigenvalue weighted by atomic mass is 127. The van der Waals surface area contributed by atoms with Gasteiger partial charge in [-0.3, -0.25) is 13.5 Å². The second-order valence-corrected chi connectivity index (χ2v) is 8.75. The number of rotatable bonds is 9. The molecule has 3 rings (SSSR count).